The molecule has 0 radical (unpaired) electrons. The third kappa shape index (κ3) is 3.24. The standard InChI is InChI=1S/C23H12F6N2S/c24-15-8-4-9-16(25)19(15)22(26)31-21(18-11-12-5-1-2-10-17(12)32-18)13-6-3-7-14(20(13)30-31)23(27,28)29/h1-11,22H. The number of halogens is 6. The van der Waals surface area contributed by atoms with Crippen LogP contribution >= 0.6 is 11.3 Å². The second kappa shape index (κ2) is 7.37. The van der Waals surface area contributed by atoms with E-state index in [-0.39, 0.29) is 11.1 Å². The van der Waals surface area contributed by atoms with Crippen molar-refractivity contribution in [2.45, 2.75) is 12.5 Å². The summed E-state index contributed by atoms with van der Waals surface area (Å²) in [6, 6.07) is 15.2. The minimum absolute atomic E-state index is 0.0162. The lowest BCUT2D eigenvalue weighted by molar-refractivity contribution is -0.136. The molecule has 0 aliphatic carbocycles. The van der Waals surface area contributed by atoms with E-state index >= 15 is 4.39 Å². The summed E-state index contributed by atoms with van der Waals surface area (Å²) in [5.41, 5.74) is -2.46. The quantitative estimate of drug-likeness (QED) is 0.251. The van der Waals surface area contributed by atoms with E-state index in [0.717, 1.165) is 34.4 Å². The van der Waals surface area contributed by atoms with Crippen molar-refractivity contribution in [3.05, 3.63) is 89.5 Å². The van der Waals surface area contributed by atoms with Crippen molar-refractivity contribution < 1.29 is 26.3 Å². The van der Waals surface area contributed by atoms with Crippen molar-refractivity contribution in [2.75, 3.05) is 0 Å². The molecule has 0 spiro atoms. The van der Waals surface area contributed by atoms with E-state index in [2.05, 4.69) is 5.10 Å². The fraction of sp³-hybridized carbons (Fsp3) is 0.0870. The van der Waals surface area contributed by atoms with Crippen molar-refractivity contribution in [1.29, 1.82) is 0 Å². The van der Waals surface area contributed by atoms with Gasteiger partial charge in [0.1, 0.15) is 17.2 Å². The number of hydrogen-bond donors (Lipinski definition) is 0. The first-order chi connectivity index (χ1) is 15.3. The van der Waals surface area contributed by atoms with Gasteiger partial charge in [0.25, 0.3) is 0 Å². The molecule has 5 aromatic rings. The topological polar surface area (TPSA) is 17.8 Å². The molecule has 1 unspecified atom stereocenters. The molecule has 0 N–H and O–H groups in total. The van der Waals surface area contributed by atoms with Crippen LogP contribution in [0.3, 0.4) is 0 Å². The van der Waals surface area contributed by atoms with Crippen molar-refractivity contribution >= 4 is 32.3 Å². The van der Waals surface area contributed by atoms with Crippen molar-refractivity contribution in [1.82, 2.24) is 9.78 Å². The predicted octanol–water partition coefficient (Wildman–Crippen LogP) is 7.73. The van der Waals surface area contributed by atoms with Gasteiger partial charge in [0.05, 0.1) is 21.7 Å². The second-order valence-corrected chi connectivity index (χ2v) is 8.20. The molecule has 2 aromatic heterocycles. The molecule has 0 aliphatic rings. The Kier molecular flexibility index (Phi) is 4.74. The largest absolute Gasteiger partial charge is 0.418 e. The van der Waals surface area contributed by atoms with Gasteiger partial charge in [-0.1, -0.05) is 36.4 Å². The molecule has 5 rings (SSSR count). The fourth-order valence-electron chi connectivity index (χ4n) is 3.72. The molecule has 0 bridgehead atoms. The van der Waals surface area contributed by atoms with E-state index in [4.69, 9.17) is 0 Å². The Hall–Kier alpha value is -3.33. The van der Waals surface area contributed by atoms with E-state index in [1.165, 1.54) is 23.5 Å². The zero-order valence-electron chi connectivity index (χ0n) is 16.0. The Labute approximate surface area is 181 Å². The first-order valence-electron chi connectivity index (χ1n) is 9.41. The Balaban J connectivity index is 1.84. The summed E-state index contributed by atoms with van der Waals surface area (Å²) in [5.74, 6) is -2.31. The molecule has 32 heavy (non-hydrogen) atoms. The number of nitrogens with zero attached hydrogens (tertiary/aromatic N) is 2. The number of alkyl halides is 4. The molecule has 0 fully saturated rings. The van der Waals surface area contributed by atoms with E-state index < -0.39 is 40.7 Å². The van der Waals surface area contributed by atoms with Gasteiger partial charge >= 0.3 is 6.18 Å². The number of hydrogen-bond acceptors (Lipinski definition) is 2. The van der Waals surface area contributed by atoms with Gasteiger partial charge in [-0.25, -0.2) is 17.9 Å². The van der Waals surface area contributed by atoms with E-state index in [1.54, 1.807) is 18.2 Å². The minimum Gasteiger partial charge on any atom is -0.225 e. The monoisotopic (exact) mass is 462 g/mol. The average Bonchev–Trinajstić information content (AvgIpc) is 3.33. The summed E-state index contributed by atoms with van der Waals surface area (Å²) in [5, 5.41) is 4.71. The SMILES string of the molecule is Fc1cccc(F)c1C(F)n1nc2c(C(F)(F)F)cccc2c1-c1cc2ccccc2s1. The molecule has 0 saturated heterocycles. The van der Waals surface area contributed by atoms with Gasteiger partial charge in [0.15, 0.2) is 0 Å². The van der Waals surface area contributed by atoms with Gasteiger partial charge < -0.3 is 0 Å². The molecular weight excluding hydrogens is 450 g/mol. The van der Waals surface area contributed by atoms with Crippen LogP contribution in [-0.4, -0.2) is 9.78 Å². The highest BCUT2D eigenvalue weighted by molar-refractivity contribution is 7.22. The van der Waals surface area contributed by atoms with Crippen molar-refractivity contribution in [2.24, 2.45) is 0 Å². The smallest absolute Gasteiger partial charge is 0.225 e. The summed E-state index contributed by atoms with van der Waals surface area (Å²) in [6.45, 7) is 0. The Morgan fingerprint density at radius 1 is 0.875 bits per heavy atom. The summed E-state index contributed by atoms with van der Waals surface area (Å²) in [7, 11) is 0. The summed E-state index contributed by atoms with van der Waals surface area (Å²) in [6.07, 6.45) is -7.23. The number of aromatic nitrogens is 2. The fourth-order valence-corrected chi connectivity index (χ4v) is 4.84. The number of thiophene rings is 1. The van der Waals surface area contributed by atoms with E-state index in [1.807, 2.05) is 12.1 Å². The molecule has 0 aliphatic heterocycles. The maximum absolute atomic E-state index is 15.6. The van der Waals surface area contributed by atoms with Crippen LogP contribution in [0.2, 0.25) is 0 Å². The van der Waals surface area contributed by atoms with Crippen LogP contribution in [0, 0.1) is 11.6 Å². The molecular formula is C23H12F6N2S. The third-order valence-electron chi connectivity index (χ3n) is 5.14. The molecule has 1 atom stereocenters. The molecule has 162 valence electrons. The van der Waals surface area contributed by atoms with Crippen LogP contribution < -0.4 is 0 Å². The van der Waals surface area contributed by atoms with Crippen LogP contribution in [0.25, 0.3) is 31.6 Å². The first kappa shape index (κ1) is 20.6. The Morgan fingerprint density at radius 2 is 1.56 bits per heavy atom. The molecule has 0 saturated carbocycles. The Morgan fingerprint density at radius 3 is 2.25 bits per heavy atom. The molecule has 2 heterocycles. The van der Waals surface area contributed by atoms with Crippen LogP contribution in [0.4, 0.5) is 26.3 Å². The number of rotatable bonds is 3. The number of fused-ring (bicyclic) bond motifs is 2. The van der Waals surface area contributed by atoms with Gasteiger partial charge in [-0.05, 0) is 35.7 Å². The first-order valence-corrected chi connectivity index (χ1v) is 10.2. The highest BCUT2D eigenvalue weighted by Gasteiger charge is 2.36. The van der Waals surface area contributed by atoms with E-state index in [0.29, 0.717) is 9.56 Å². The van der Waals surface area contributed by atoms with Gasteiger partial charge in [0.2, 0.25) is 6.30 Å². The normalized spacial score (nSPS) is 13.2. The summed E-state index contributed by atoms with van der Waals surface area (Å²) >= 11 is 1.22. The minimum atomic E-state index is -4.74. The van der Waals surface area contributed by atoms with Crippen LogP contribution in [0.5, 0.6) is 0 Å². The maximum Gasteiger partial charge on any atom is 0.418 e. The predicted molar refractivity (Wildman–Crippen MR) is 111 cm³/mol. The molecule has 0 amide bonds. The average molecular weight is 462 g/mol. The maximum atomic E-state index is 15.6. The van der Waals surface area contributed by atoms with Crippen LogP contribution in [0.1, 0.15) is 17.4 Å². The lowest BCUT2D eigenvalue weighted by Crippen LogP contribution is -2.12. The highest BCUT2D eigenvalue weighted by Crippen LogP contribution is 2.43. The van der Waals surface area contributed by atoms with Crippen molar-refractivity contribution in [3.8, 4) is 10.6 Å². The summed E-state index contributed by atoms with van der Waals surface area (Å²) in [4.78, 5) is 0.424. The Bertz CT molecular complexity index is 1410. The molecule has 2 nitrogen and oxygen atoms in total. The number of benzene rings is 3. The molecule has 3 aromatic carbocycles. The zero-order valence-corrected chi connectivity index (χ0v) is 16.8. The lowest BCUT2D eigenvalue weighted by Gasteiger charge is -2.14. The third-order valence-corrected chi connectivity index (χ3v) is 6.27. The zero-order chi connectivity index (χ0) is 22.6. The highest BCUT2D eigenvalue weighted by atomic mass is 32.1. The van der Waals surface area contributed by atoms with Crippen molar-refractivity contribution in [3.63, 3.8) is 0 Å². The summed E-state index contributed by atoms with van der Waals surface area (Å²) < 4.78 is 86.5. The second-order valence-electron chi connectivity index (χ2n) is 7.11. The molecule has 9 heteroatoms. The van der Waals surface area contributed by atoms with Gasteiger partial charge in [-0.3, -0.25) is 0 Å². The van der Waals surface area contributed by atoms with Gasteiger partial charge in [-0.2, -0.15) is 18.3 Å². The van der Waals surface area contributed by atoms with E-state index in [9.17, 15) is 22.0 Å². The van der Waals surface area contributed by atoms with Crippen LogP contribution in [-0.2, 0) is 6.18 Å². The van der Waals surface area contributed by atoms with Crippen LogP contribution in [0.15, 0.2) is 66.7 Å². The van der Waals surface area contributed by atoms with Gasteiger partial charge in [-0.15, -0.1) is 11.3 Å². The lowest BCUT2D eigenvalue weighted by atomic mass is 10.1. The van der Waals surface area contributed by atoms with Gasteiger partial charge in [0, 0.05) is 10.1 Å².